The van der Waals surface area contributed by atoms with E-state index in [9.17, 15) is 9.59 Å². The fourth-order valence-electron chi connectivity index (χ4n) is 3.52. The van der Waals surface area contributed by atoms with Crippen LogP contribution in [0.1, 0.15) is 29.9 Å². The number of carbonyl (C=O) groups excluding carboxylic acids is 2. The smallest absolute Gasteiger partial charge is 0.294 e. The number of hydrogen-bond donors (Lipinski definition) is 1. The molecule has 0 aliphatic carbocycles. The van der Waals surface area contributed by atoms with Gasteiger partial charge in [0.05, 0.1) is 5.69 Å². The highest BCUT2D eigenvalue weighted by atomic mass is 16.2. The Labute approximate surface area is 162 Å². The first kappa shape index (κ1) is 17.9. The molecule has 142 valence electrons. The van der Waals surface area contributed by atoms with E-state index < -0.39 is 11.9 Å². The van der Waals surface area contributed by atoms with Gasteiger partial charge in [-0.15, -0.1) is 5.10 Å². The van der Waals surface area contributed by atoms with Gasteiger partial charge < -0.3 is 10.6 Å². The summed E-state index contributed by atoms with van der Waals surface area (Å²) in [5.74, 6) is -0.215. The lowest BCUT2D eigenvalue weighted by molar-refractivity contribution is -0.123. The Bertz CT molecular complexity index is 928. The van der Waals surface area contributed by atoms with Gasteiger partial charge in [0, 0.05) is 12.1 Å². The minimum absolute atomic E-state index is 0.0656. The van der Waals surface area contributed by atoms with Crippen LogP contribution in [0.15, 0.2) is 60.7 Å². The van der Waals surface area contributed by atoms with E-state index in [0.29, 0.717) is 18.8 Å². The standard InChI is InChI=1S/C21H21N5O2/c22-18(27)17-13-7-8-14-25(17)21(28)19-23-20(15-9-3-1-4-10-15)26(24-19)16-11-5-2-6-12-16/h1-6,9-12,17H,7-8,13-14H2,(H2,22,27)/t17-/m1/s1. The van der Waals surface area contributed by atoms with Crippen molar-refractivity contribution in [1.82, 2.24) is 19.7 Å². The third-order valence-electron chi connectivity index (χ3n) is 4.92. The summed E-state index contributed by atoms with van der Waals surface area (Å²) in [6, 6.07) is 18.5. The van der Waals surface area contributed by atoms with Crippen LogP contribution in [0.5, 0.6) is 0 Å². The van der Waals surface area contributed by atoms with Crippen LogP contribution in [0.3, 0.4) is 0 Å². The molecule has 1 atom stereocenters. The number of aromatic nitrogens is 3. The van der Waals surface area contributed by atoms with E-state index in [1.165, 1.54) is 4.90 Å². The Morgan fingerprint density at radius 2 is 1.64 bits per heavy atom. The quantitative estimate of drug-likeness (QED) is 0.758. The van der Waals surface area contributed by atoms with Gasteiger partial charge in [-0.25, -0.2) is 9.67 Å². The molecule has 7 nitrogen and oxygen atoms in total. The van der Waals surface area contributed by atoms with Crippen molar-refractivity contribution < 1.29 is 9.59 Å². The van der Waals surface area contributed by atoms with Gasteiger partial charge >= 0.3 is 0 Å². The number of nitrogens with two attached hydrogens (primary N) is 1. The molecule has 0 bridgehead atoms. The topological polar surface area (TPSA) is 94.1 Å². The molecule has 28 heavy (non-hydrogen) atoms. The first-order valence-electron chi connectivity index (χ1n) is 9.33. The average molecular weight is 375 g/mol. The highest BCUT2D eigenvalue weighted by Gasteiger charge is 2.33. The van der Waals surface area contributed by atoms with Crippen LogP contribution in [0.2, 0.25) is 0 Å². The lowest BCUT2D eigenvalue weighted by Crippen LogP contribution is -2.50. The molecule has 1 aliphatic heterocycles. The lowest BCUT2D eigenvalue weighted by atomic mass is 10.0. The second-order valence-corrected chi connectivity index (χ2v) is 6.78. The summed E-state index contributed by atoms with van der Waals surface area (Å²) >= 11 is 0. The molecule has 0 unspecified atom stereocenters. The number of benzene rings is 2. The van der Waals surface area contributed by atoms with E-state index in [1.807, 2.05) is 60.7 Å². The van der Waals surface area contributed by atoms with E-state index in [0.717, 1.165) is 24.1 Å². The Hall–Kier alpha value is -3.48. The summed E-state index contributed by atoms with van der Waals surface area (Å²) in [5, 5.41) is 4.49. The molecule has 0 spiro atoms. The molecule has 7 heteroatoms. The van der Waals surface area contributed by atoms with Gasteiger partial charge in [0.2, 0.25) is 11.7 Å². The minimum Gasteiger partial charge on any atom is -0.368 e. The summed E-state index contributed by atoms with van der Waals surface area (Å²) in [4.78, 5) is 31.0. The van der Waals surface area contributed by atoms with Crippen molar-refractivity contribution in [3.05, 3.63) is 66.5 Å². The molecule has 1 fully saturated rings. The Kier molecular flexibility index (Phi) is 4.89. The number of nitrogens with zero attached hydrogens (tertiary/aromatic N) is 4. The van der Waals surface area contributed by atoms with Crippen molar-refractivity contribution in [2.24, 2.45) is 5.73 Å². The van der Waals surface area contributed by atoms with Crippen LogP contribution in [0.25, 0.3) is 17.1 Å². The molecular weight excluding hydrogens is 354 g/mol. The molecule has 2 aromatic carbocycles. The molecule has 0 saturated carbocycles. The summed E-state index contributed by atoms with van der Waals surface area (Å²) in [7, 11) is 0. The maximum absolute atomic E-state index is 13.1. The fraction of sp³-hybridized carbons (Fsp3) is 0.238. The summed E-state index contributed by atoms with van der Waals surface area (Å²) in [6.07, 6.45) is 2.28. The van der Waals surface area contributed by atoms with Crippen LogP contribution in [-0.4, -0.2) is 44.1 Å². The average Bonchev–Trinajstić information content (AvgIpc) is 3.20. The number of rotatable bonds is 4. The van der Waals surface area contributed by atoms with Gasteiger partial charge in [0.15, 0.2) is 5.82 Å². The predicted octanol–water partition coefficient (Wildman–Crippen LogP) is 2.41. The van der Waals surface area contributed by atoms with Crippen LogP contribution >= 0.6 is 0 Å². The molecule has 2 heterocycles. The molecule has 3 aromatic rings. The van der Waals surface area contributed by atoms with Crippen molar-refractivity contribution in [2.75, 3.05) is 6.54 Å². The number of carbonyl (C=O) groups is 2. The third-order valence-corrected chi connectivity index (χ3v) is 4.92. The molecule has 2 N–H and O–H groups in total. The van der Waals surface area contributed by atoms with Gasteiger partial charge in [-0.2, -0.15) is 0 Å². The van der Waals surface area contributed by atoms with Crippen LogP contribution < -0.4 is 5.73 Å². The first-order valence-corrected chi connectivity index (χ1v) is 9.33. The van der Waals surface area contributed by atoms with Crippen molar-refractivity contribution in [3.63, 3.8) is 0 Å². The van der Waals surface area contributed by atoms with Crippen LogP contribution in [0.4, 0.5) is 0 Å². The molecule has 1 aliphatic rings. The fourth-order valence-corrected chi connectivity index (χ4v) is 3.52. The van der Waals surface area contributed by atoms with E-state index in [2.05, 4.69) is 10.1 Å². The summed E-state index contributed by atoms with van der Waals surface area (Å²) < 4.78 is 1.66. The first-order chi connectivity index (χ1) is 13.6. The van der Waals surface area contributed by atoms with Crippen molar-refractivity contribution >= 4 is 11.8 Å². The molecule has 4 rings (SSSR count). The second-order valence-electron chi connectivity index (χ2n) is 6.78. The zero-order valence-electron chi connectivity index (χ0n) is 15.4. The number of hydrogen-bond acceptors (Lipinski definition) is 4. The summed E-state index contributed by atoms with van der Waals surface area (Å²) in [6.45, 7) is 0.479. The Balaban J connectivity index is 1.77. The number of piperidine rings is 1. The number of para-hydroxylation sites is 1. The minimum atomic E-state index is -0.606. The Morgan fingerprint density at radius 3 is 2.32 bits per heavy atom. The van der Waals surface area contributed by atoms with Crippen molar-refractivity contribution in [1.29, 1.82) is 0 Å². The normalized spacial score (nSPS) is 16.7. The monoisotopic (exact) mass is 375 g/mol. The van der Waals surface area contributed by atoms with Crippen LogP contribution in [-0.2, 0) is 4.79 Å². The zero-order valence-corrected chi connectivity index (χ0v) is 15.4. The maximum atomic E-state index is 13.1. The van der Waals surface area contributed by atoms with Gasteiger partial charge in [0.1, 0.15) is 6.04 Å². The van der Waals surface area contributed by atoms with Gasteiger partial charge in [-0.3, -0.25) is 9.59 Å². The molecule has 2 amide bonds. The highest BCUT2D eigenvalue weighted by Crippen LogP contribution is 2.23. The largest absolute Gasteiger partial charge is 0.368 e. The van der Waals surface area contributed by atoms with Gasteiger partial charge in [-0.1, -0.05) is 48.5 Å². The third kappa shape index (κ3) is 3.38. The van der Waals surface area contributed by atoms with Crippen molar-refractivity contribution in [2.45, 2.75) is 25.3 Å². The predicted molar refractivity (Wildman–Crippen MR) is 105 cm³/mol. The van der Waals surface area contributed by atoms with E-state index in [-0.39, 0.29) is 11.7 Å². The lowest BCUT2D eigenvalue weighted by Gasteiger charge is -2.32. The number of likely N-dealkylation sites (tertiary alicyclic amines) is 1. The zero-order chi connectivity index (χ0) is 19.5. The Morgan fingerprint density at radius 1 is 0.964 bits per heavy atom. The van der Waals surface area contributed by atoms with E-state index in [4.69, 9.17) is 5.73 Å². The molecule has 1 saturated heterocycles. The molecular formula is C21H21N5O2. The van der Waals surface area contributed by atoms with Gasteiger partial charge in [0.25, 0.3) is 5.91 Å². The number of amides is 2. The summed E-state index contributed by atoms with van der Waals surface area (Å²) in [5.41, 5.74) is 7.17. The SMILES string of the molecule is NC(=O)[C@H]1CCCCN1C(=O)c1nc(-c2ccccc2)n(-c2ccccc2)n1. The van der Waals surface area contributed by atoms with Gasteiger partial charge in [-0.05, 0) is 31.4 Å². The molecule has 0 radical (unpaired) electrons. The second kappa shape index (κ2) is 7.64. The number of primary amides is 1. The highest BCUT2D eigenvalue weighted by molar-refractivity contribution is 5.95. The van der Waals surface area contributed by atoms with E-state index >= 15 is 0 Å². The van der Waals surface area contributed by atoms with Crippen LogP contribution in [0, 0.1) is 0 Å². The van der Waals surface area contributed by atoms with E-state index in [1.54, 1.807) is 4.68 Å². The van der Waals surface area contributed by atoms with Crippen molar-refractivity contribution in [3.8, 4) is 17.1 Å². The molecule has 1 aromatic heterocycles. The maximum Gasteiger partial charge on any atom is 0.294 e.